The van der Waals surface area contributed by atoms with Gasteiger partial charge in [0, 0.05) is 26.2 Å². The van der Waals surface area contributed by atoms with Crippen LogP contribution in [0.2, 0.25) is 0 Å². The number of nitrogens with zero attached hydrogens (tertiary/aromatic N) is 2. The second-order valence-corrected chi connectivity index (χ2v) is 7.53. The van der Waals surface area contributed by atoms with Gasteiger partial charge in [0.05, 0.1) is 6.26 Å². The van der Waals surface area contributed by atoms with E-state index in [0.29, 0.717) is 26.2 Å². The van der Waals surface area contributed by atoms with E-state index in [1.54, 1.807) is 4.90 Å². The van der Waals surface area contributed by atoms with Crippen LogP contribution in [0.3, 0.4) is 0 Å². The fourth-order valence-corrected chi connectivity index (χ4v) is 3.35. The predicted octanol–water partition coefficient (Wildman–Crippen LogP) is 0.786. The molecule has 1 amide bonds. The zero-order chi connectivity index (χ0) is 16.3. The smallest absolute Gasteiger partial charge is 0.260 e. The maximum absolute atomic E-state index is 12.2. The molecular weight excluding hydrogens is 304 g/mol. The van der Waals surface area contributed by atoms with Gasteiger partial charge >= 0.3 is 0 Å². The molecule has 1 aromatic rings. The van der Waals surface area contributed by atoms with Crippen LogP contribution in [-0.2, 0) is 14.8 Å². The molecule has 1 fully saturated rings. The van der Waals surface area contributed by atoms with Crippen molar-refractivity contribution in [3.8, 4) is 5.75 Å². The number of para-hydroxylation sites is 1. The van der Waals surface area contributed by atoms with Gasteiger partial charge in [-0.25, -0.2) is 8.42 Å². The fraction of sp³-hybridized carbons (Fsp3) is 0.533. The summed E-state index contributed by atoms with van der Waals surface area (Å²) in [5.41, 5.74) is 1.99. The summed E-state index contributed by atoms with van der Waals surface area (Å²) in [5, 5.41) is 0. The molecule has 7 heteroatoms. The zero-order valence-electron chi connectivity index (χ0n) is 13.2. The number of ether oxygens (including phenoxy) is 1. The Bertz CT molecular complexity index is 629. The average Bonchev–Trinajstić information content (AvgIpc) is 2.46. The summed E-state index contributed by atoms with van der Waals surface area (Å²) in [6, 6.07) is 5.83. The Hall–Kier alpha value is -1.60. The van der Waals surface area contributed by atoms with Crippen LogP contribution >= 0.6 is 0 Å². The molecule has 0 radical (unpaired) electrons. The zero-order valence-corrected chi connectivity index (χ0v) is 14.0. The molecule has 0 spiro atoms. The van der Waals surface area contributed by atoms with Crippen LogP contribution in [0.25, 0.3) is 0 Å². The third-order valence-corrected chi connectivity index (χ3v) is 5.11. The van der Waals surface area contributed by atoms with E-state index in [2.05, 4.69) is 0 Å². The van der Waals surface area contributed by atoms with Crippen LogP contribution in [-0.4, -0.2) is 62.6 Å². The SMILES string of the molecule is Cc1cccc(C)c1OCC(=O)N1CCN(S(C)(=O)=O)CC1. The number of benzene rings is 1. The van der Waals surface area contributed by atoms with Crippen molar-refractivity contribution in [1.82, 2.24) is 9.21 Å². The molecule has 1 heterocycles. The third-order valence-electron chi connectivity index (χ3n) is 3.81. The highest BCUT2D eigenvalue weighted by Gasteiger charge is 2.26. The van der Waals surface area contributed by atoms with Gasteiger partial charge in [0.2, 0.25) is 10.0 Å². The highest BCUT2D eigenvalue weighted by atomic mass is 32.2. The van der Waals surface area contributed by atoms with Crippen LogP contribution in [0.15, 0.2) is 18.2 Å². The largest absolute Gasteiger partial charge is 0.483 e. The first-order chi connectivity index (χ1) is 10.3. The Morgan fingerprint density at radius 3 is 2.18 bits per heavy atom. The van der Waals surface area contributed by atoms with E-state index in [4.69, 9.17) is 4.74 Å². The molecule has 0 atom stereocenters. The van der Waals surface area contributed by atoms with Crippen LogP contribution < -0.4 is 4.74 Å². The molecule has 2 rings (SSSR count). The van der Waals surface area contributed by atoms with Gasteiger partial charge in [-0.15, -0.1) is 0 Å². The Balaban J connectivity index is 1.89. The van der Waals surface area contributed by atoms with Gasteiger partial charge in [-0.2, -0.15) is 4.31 Å². The molecule has 122 valence electrons. The molecule has 0 aliphatic carbocycles. The molecule has 0 N–H and O–H groups in total. The second kappa shape index (κ2) is 6.66. The lowest BCUT2D eigenvalue weighted by molar-refractivity contribution is -0.134. The predicted molar refractivity (Wildman–Crippen MR) is 84.4 cm³/mol. The number of hydrogen-bond acceptors (Lipinski definition) is 4. The first kappa shape index (κ1) is 16.8. The maximum atomic E-state index is 12.2. The van der Waals surface area contributed by atoms with E-state index in [1.165, 1.54) is 10.6 Å². The van der Waals surface area contributed by atoms with Gasteiger partial charge in [-0.1, -0.05) is 18.2 Å². The lowest BCUT2D eigenvalue weighted by atomic mass is 10.1. The standard InChI is InChI=1S/C15H22N2O4S/c1-12-5-4-6-13(2)15(12)21-11-14(18)16-7-9-17(10-8-16)22(3,19)20/h4-6H,7-11H2,1-3H3. The number of piperazine rings is 1. The molecule has 1 aromatic carbocycles. The third kappa shape index (κ3) is 3.98. The minimum atomic E-state index is -3.18. The van der Waals surface area contributed by atoms with Crippen molar-refractivity contribution in [3.63, 3.8) is 0 Å². The summed E-state index contributed by atoms with van der Waals surface area (Å²) in [4.78, 5) is 13.8. The number of carbonyl (C=O) groups is 1. The molecule has 0 aromatic heterocycles. The van der Waals surface area contributed by atoms with Gasteiger partial charge in [0.1, 0.15) is 5.75 Å². The Labute approximate surface area is 131 Å². The number of aryl methyl sites for hydroxylation is 2. The van der Waals surface area contributed by atoms with Crippen LogP contribution in [0, 0.1) is 13.8 Å². The molecule has 0 saturated carbocycles. The molecule has 6 nitrogen and oxygen atoms in total. The molecule has 1 aliphatic rings. The van der Waals surface area contributed by atoms with Crippen LogP contribution in [0.5, 0.6) is 5.75 Å². The van der Waals surface area contributed by atoms with Crippen molar-refractivity contribution in [2.45, 2.75) is 13.8 Å². The topological polar surface area (TPSA) is 66.9 Å². The molecule has 0 bridgehead atoms. The lowest BCUT2D eigenvalue weighted by Gasteiger charge is -2.33. The van der Waals surface area contributed by atoms with Gasteiger partial charge in [-0.3, -0.25) is 4.79 Å². The molecule has 22 heavy (non-hydrogen) atoms. The highest BCUT2D eigenvalue weighted by molar-refractivity contribution is 7.88. The molecule has 1 aliphatic heterocycles. The van der Waals surface area contributed by atoms with Crippen molar-refractivity contribution in [1.29, 1.82) is 0 Å². The number of carbonyl (C=O) groups excluding carboxylic acids is 1. The average molecular weight is 326 g/mol. The van der Waals surface area contributed by atoms with E-state index in [9.17, 15) is 13.2 Å². The number of hydrogen-bond donors (Lipinski definition) is 0. The van der Waals surface area contributed by atoms with Crippen molar-refractivity contribution in [2.75, 3.05) is 39.0 Å². The monoisotopic (exact) mass is 326 g/mol. The number of rotatable bonds is 4. The van der Waals surface area contributed by atoms with Crippen molar-refractivity contribution in [3.05, 3.63) is 29.3 Å². The number of amides is 1. The Morgan fingerprint density at radius 1 is 1.14 bits per heavy atom. The summed E-state index contributed by atoms with van der Waals surface area (Å²) in [6.07, 6.45) is 1.19. The van der Waals surface area contributed by atoms with E-state index < -0.39 is 10.0 Å². The van der Waals surface area contributed by atoms with Crippen molar-refractivity contribution in [2.24, 2.45) is 0 Å². The summed E-state index contributed by atoms with van der Waals surface area (Å²) < 4.78 is 29.9. The summed E-state index contributed by atoms with van der Waals surface area (Å²) in [5.74, 6) is 0.626. The van der Waals surface area contributed by atoms with E-state index in [1.807, 2.05) is 32.0 Å². The first-order valence-electron chi connectivity index (χ1n) is 7.21. The maximum Gasteiger partial charge on any atom is 0.260 e. The second-order valence-electron chi connectivity index (χ2n) is 5.55. The van der Waals surface area contributed by atoms with E-state index in [0.717, 1.165) is 16.9 Å². The first-order valence-corrected chi connectivity index (χ1v) is 9.06. The minimum absolute atomic E-state index is 0.0232. The normalized spacial score (nSPS) is 16.6. The quantitative estimate of drug-likeness (QED) is 0.820. The van der Waals surface area contributed by atoms with Crippen molar-refractivity contribution >= 4 is 15.9 Å². The summed E-state index contributed by atoms with van der Waals surface area (Å²) >= 11 is 0. The Kier molecular flexibility index (Phi) is 5.08. The minimum Gasteiger partial charge on any atom is -0.483 e. The van der Waals surface area contributed by atoms with Crippen molar-refractivity contribution < 1.29 is 17.9 Å². The van der Waals surface area contributed by atoms with Gasteiger partial charge < -0.3 is 9.64 Å². The molecule has 1 saturated heterocycles. The number of sulfonamides is 1. The molecule has 0 unspecified atom stereocenters. The van der Waals surface area contributed by atoms with Gasteiger partial charge in [0.15, 0.2) is 6.61 Å². The summed E-state index contributed by atoms with van der Waals surface area (Å²) in [6.45, 7) is 5.35. The van der Waals surface area contributed by atoms with E-state index in [-0.39, 0.29) is 12.5 Å². The molecular formula is C15H22N2O4S. The Morgan fingerprint density at radius 2 is 1.68 bits per heavy atom. The fourth-order valence-electron chi connectivity index (χ4n) is 2.52. The van der Waals surface area contributed by atoms with Crippen LogP contribution in [0.4, 0.5) is 0 Å². The van der Waals surface area contributed by atoms with Gasteiger partial charge in [0.25, 0.3) is 5.91 Å². The van der Waals surface area contributed by atoms with E-state index >= 15 is 0 Å². The van der Waals surface area contributed by atoms with Crippen LogP contribution in [0.1, 0.15) is 11.1 Å². The highest BCUT2D eigenvalue weighted by Crippen LogP contribution is 2.22. The lowest BCUT2D eigenvalue weighted by Crippen LogP contribution is -2.51. The summed E-state index contributed by atoms with van der Waals surface area (Å²) in [7, 11) is -3.18. The van der Waals surface area contributed by atoms with Gasteiger partial charge in [-0.05, 0) is 25.0 Å².